The van der Waals surface area contributed by atoms with Gasteiger partial charge in [0.1, 0.15) is 5.75 Å². The molecule has 0 fully saturated rings. The summed E-state index contributed by atoms with van der Waals surface area (Å²) in [4.78, 5) is 36.4. The molecule has 0 saturated heterocycles. The summed E-state index contributed by atoms with van der Waals surface area (Å²) in [6.07, 6.45) is 0.739. The highest BCUT2D eigenvalue weighted by molar-refractivity contribution is 7.80. The van der Waals surface area contributed by atoms with Crippen molar-refractivity contribution >= 4 is 35.1 Å². The molecule has 3 amide bonds. The van der Waals surface area contributed by atoms with E-state index in [0.717, 1.165) is 17.5 Å². The minimum Gasteiger partial charge on any atom is -0.493 e. The first-order chi connectivity index (χ1) is 17.5. The van der Waals surface area contributed by atoms with Gasteiger partial charge in [0, 0.05) is 31.4 Å². The minimum atomic E-state index is -0.449. The molecule has 0 spiro atoms. The van der Waals surface area contributed by atoms with Gasteiger partial charge in [-0.2, -0.15) is 0 Å². The predicted octanol–water partition coefficient (Wildman–Crippen LogP) is 3.04. The van der Waals surface area contributed by atoms with Crippen LogP contribution in [-0.4, -0.2) is 29.4 Å². The summed E-state index contributed by atoms with van der Waals surface area (Å²) in [5.41, 5.74) is 7.34. The van der Waals surface area contributed by atoms with Crippen molar-refractivity contribution in [3.63, 3.8) is 0 Å². The number of carbonyl (C=O) groups is 3. The van der Waals surface area contributed by atoms with Gasteiger partial charge in [0.05, 0.1) is 6.61 Å². The fourth-order valence-electron chi connectivity index (χ4n) is 3.17. The van der Waals surface area contributed by atoms with Crippen molar-refractivity contribution in [3.05, 3.63) is 102 Å². The zero-order chi connectivity index (χ0) is 25.6. The number of hydrogen-bond acceptors (Lipinski definition) is 5. The molecule has 0 bridgehead atoms. The highest BCUT2D eigenvalue weighted by Crippen LogP contribution is 2.14. The number of thiocarbonyl (C=S) groups is 1. The molecule has 3 aromatic carbocycles. The van der Waals surface area contributed by atoms with Crippen LogP contribution in [0.2, 0.25) is 0 Å². The van der Waals surface area contributed by atoms with Crippen molar-refractivity contribution in [2.75, 3.05) is 6.61 Å². The molecule has 3 aromatic rings. The molecule has 0 aliphatic carbocycles. The van der Waals surface area contributed by atoms with Crippen LogP contribution in [0.25, 0.3) is 0 Å². The highest BCUT2D eigenvalue weighted by Gasteiger charge is 2.11. The lowest BCUT2D eigenvalue weighted by molar-refractivity contribution is -0.126. The Bertz CT molecular complexity index is 1170. The Hall–Kier alpha value is -4.24. The molecular formula is C27H28N4O4S. The quantitative estimate of drug-likeness (QED) is 0.250. The summed E-state index contributed by atoms with van der Waals surface area (Å²) in [7, 11) is 0. The van der Waals surface area contributed by atoms with Gasteiger partial charge < -0.3 is 10.1 Å². The second-order valence-corrected chi connectivity index (χ2v) is 8.24. The molecule has 0 aliphatic rings. The Labute approximate surface area is 215 Å². The Morgan fingerprint density at radius 3 is 2.14 bits per heavy atom. The van der Waals surface area contributed by atoms with Gasteiger partial charge in [-0.3, -0.25) is 30.6 Å². The van der Waals surface area contributed by atoms with Crippen molar-refractivity contribution in [2.24, 2.45) is 0 Å². The maximum atomic E-state index is 12.5. The van der Waals surface area contributed by atoms with E-state index in [1.807, 2.05) is 60.7 Å². The third-order valence-corrected chi connectivity index (χ3v) is 5.26. The molecule has 36 heavy (non-hydrogen) atoms. The van der Waals surface area contributed by atoms with Crippen LogP contribution in [0.1, 0.15) is 34.3 Å². The van der Waals surface area contributed by atoms with Gasteiger partial charge in [-0.05, 0) is 41.5 Å². The third kappa shape index (κ3) is 9.55. The summed E-state index contributed by atoms with van der Waals surface area (Å²) in [5, 5.41) is 5.18. The molecule has 186 valence electrons. The van der Waals surface area contributed by atoms with Crippen molar-refractivity contribution in [1.82, 2.24) is 21.5 Å². The van der Waals surface area contributed by atoms with Crippen LogP contribution in [0, 0.1) is 0 Å². The van der Waals surface area contributed by atoms with Crippen LogP contribution in [0.5, 0.6) is 5.75 Å². The molecule has 0 radical (unpaired) electrons. The molecule has 0 aromatic heterocycles. The molecular weight excluding hydrogens is 476 g/mol. The topological polar surface area (TPSA) is 109 Å². The minimum absolute atomic E-state index is 0.0243. The van der Waals surface area contributed by atoms with Crippen LogP contribution in [0.15, 0.2) is 84.9 Å². The van der Waals surface area contributed by atoms with Crippen LogP contribution < -0.4 is 26.2 Å². The molecule has 0 heterocycles. The van der Waals surface area contributed by atoms with Crippen LogP contribution in [-0.2, 0) is 22.6 Å². The monoisotopic (exact) mass is 504 g/mol. The molecule has 0 saturated carbocycles. The molecule has 4 N–H and O–H groups in total. The van der Waals surface area contributed by atoms with Gasteiger partial charge in [-0.15, -0.1) is 0 Å². The van der Waals surface area contributed by atoms with E-state index in [1.165, 1.54) is 0 Å². The smallest absolute Gasteiger partial charge is 0.257 e. The molecule has 3 rings (SSSR count). The fourth-order valence-corrected chi connectivity index (χ4v) is 3.31. The van der Waals surface area contributed by atoms with Gasteiger partial charge in [-0.1, -0.05) is 66.7 Å². The number of hydrogen-bond donors (Lipinski definition) is 4. The van der Waals surface area contributed by atoms with E-state index in [0.29, 0.717) is 24.5 Å². The maximum absolute atomic E-state index is 12.5. The summed E-state index contributed by atoms with van der Waals surface area (Å²) in [6, 6.07) is 26.2. The van der Waals surface area contributed by atoms with Crippen molar-refractivity contribution in [1.29, 1.82) is 0 Å². The van der Waals surface area contributed by atoms with E-state index in [4.69, 9.17) is 17.0 Å². The number of ether oxygens (including phenoxy) is 1. The zero-order valence-electron chi connectivity index (χ0n) is 19.7. The van der Waals surface area contributed by atoms with E-state index in [1.54, 1.807) is 24.3 Å². The van der Waals surface area contributed by atoms with Crippen LogP contribution in [0.3, 0.4) is 0 Å². The van der Waals surface area contributed by atoms with Gasteiger partial charge in [0.2, 0.25) is 11.8 Å². The second kappa shape index (κ2) is 14.2. The van der Waals surface area contributed by atoms with Crippen molar-refractivity contribution in [3.8, 4) is 5.75 Å². The molecule has 0 unspecified atom stereocenters. The Kier molecular flexibility index (Phi) is 10.4. The first-order valence-electron chi connectivity index (χ1n) is 11.5. The fraction of sp³-hybridized carbons (Fsp3) is 0.185. The highest BCUT2D eigenvalue weighted by atomic mass is 32.1. The number of nitrogens with one attached hydrogen (secondary N) is 4. The largest absolute Gasteiger partial charge is 0.493 e. The Morgan fingerprint density at radius 2 is 1.42 bits per heavy atom. The number of carbonyl (C=O) groups excluding carboxylic acids is 3. The summed E-state index contributed by atoms with van der Waals surface area (Å²) >= 11 is 5.07. The summed E-state index contributed by atoms with van der Waals surface area (Å²) < 4.78 is 5.76. The van der Waals surface area contributed by atoms with Gasteiger partial charge in [0.25, 0.3) is 5.91 Å². The van der Waals surface area contributed by atoms with Crippen molar-refractivity contribution in [2.45, 2.75) is 25.8 Å². The van der Waals surface area contributed by atoms with Gasteiger partial charge >= 0.3 is 0 Å². The first kappa shape index (κ1) is 26.4. The number of amides is 3. The lowest BCUT2D eigenvalue weighted by atomic mass is 10.2. The third-order valence-electron chi connectivity index (χ3n) is 5.05. The second-order valence-electron chi connectivity index (χ2n) is 7.83. The molecule has 9 heteroatoms. The van der Waals surface area contributed by atoms with Crippen LogP contribution in [0.4, 0.5) is 0 Å². The zero-order valence-corrected chi connectivity index (χ0v) is 20.5. The number of rotatable bonds is 10. The van der Waals surface area contributed by atoms with E-state index in [9.17, 15) is 14.4 Å². The van der Waals surface area contributed by atoms with E-state index < -0.39 is 11.8 Å². The molecule has 0 atom stereocenters. The Balaban J connectivity index is 1.33. The standard InChI is InChI=1S/C27H28N4O4S/c32-24(28-19-21-10-5-2-6-11-21)14-15-25(33)30-31-27(36)29-26(34)22-12-7-13-23(18-22)35-17-16-20-8-3-1-4-9-20/h1-13,18H,14-17,19H2,(H,28,32)(H,30,33)(H2,29,31,34,36). The molecule has 0 aliphatic heterocycles. The average molecular weight is 505 g/mol. The summed E-state index contributed by atoms with van der Waals surface area (Å²) in [5.74, 6) is -0.558. The van der Waals surface area contributed by atoms with E-state index in [2.05, 4.69) is 21.5 Å². The predicted molar refractivity (Wildman–Crippen MR) is 141 cm³/mol. The van der Waals surface area contributed by atoms with Gasteiger partial charge in [0.15, 0.2) is 5.11 Å². The number of hydrazine groups is 1. The number of benzene rings is 3. The van der Waals surface area contributed by atoms with Crippen molar-refractivity contribution < 1.29 is 19.1 Å². The van der Waals surface area contributed by atoms with E-state index in [-0.39, 0.29) is 23.9 Å². The van der Waals surface area contributed by atoms with Crippen LogP contribution >= 0.6 is 12.2 Å². The Morgan fingerprint density at radius 1 is 0.750 bits per heavy atom. The lowest BCUT2D eigenvalue weighted by Gasteiger charge is -2.12. The van der Waals surface area contributed by atoms with E-state index >= 15 is 0 Å². The summed E-state index contributed by atoms with van der Waals surface area (Å²) in [6.45, 7) is 0.875. The maximum Gasteiger partial charge on any atom is 0.257 e. The molecule has 8 nitrogen and oxygen atoms in total. The lowest BCUT2D eigenvalue weighted by Crippen LogP contribution is -2.48. The first-order valence-corrected chi connectivity index (χ1v) is 11.9. The average Bonchev–Trinajstić information content (AvgIpc) is 2.91. The SMILES string of the molecule is O=C(CCC(=O)NNC(=S)NC(=O)c1cccc(OCCc2ccccc2)c1)NCc1ccccc1. The normalized spacial score (nSPS) is 10.1. The van der Waals surface area contributed by atoms with Gasteiger partial charge in [-0.25, -0.2) is 0 Å².